The number of hydrogen-bond donors (Lipinski definition) is 3. The molecule has 1 heterocycles. The van der Waals surface area contributed by atoms with E-state index in [0.717, 1.165) is 55.3 Å². The Hall–Kier alpha value is -1.63. The van der Waals surface area contributed by atoms with Crippen molar-refractivity contribution < 1.29 is 4.79 Å². The van der Waals surface area contributed by atoms with Gasteiger partial charge in [-0.3, -0.25) is 9.79 Å². The number of hydrogen-bond acceptors (Lipinski definition) is 4. The SMILES string of the molecule is CN=C(NCCc1sc(C)nc1C)NC1CCCC(C(=O)NC(C)C)C1. The van der Waals surface area contributed by atoms with Crippen LogP contribution in [0.5, 0.6) is 0 Å². The molecule has 3 N–H and O–H groups in total. The average molecular weight is 380 g/mol. The molecule has 0 saturated heterocycles. The average Bonchev–Trinajstić information content (AvgIpc) is 2.91. The summed E-state index contributed by atoms with van der Waals surface area (Å²) in [6.45, 7) is 8.95. The van der Waals surface area contributed by atoms with E-state index in [2.05, 4.69) is 32.9 Å². The summed E-state index contributed by atoms with van der Waals surface area (Å²) in [6, 6.07) is 0.495. The van der Waals surface area contributed by atoms with Crippen LogP contribution >= 0.6 is 11.3 Å². The lowest BCUT2D eigenvalue weighted by Gasteiger charge is -2.30. The van der Waals surface area contributed by atoms with E-state index >= 15 is 0 Å². The van der Waals surface area contributed by atoms with Crippen molar-refractivity contribution in [3.05, 3.63) is 15.6 Å². The van der Waals surface area contributed by atoms with Crippen LogP contribution < -0.4 is 16.0 Å². The molecule has 0 aliphatic heterocycles. The predicted octanol–water partition coefficient (Wildman–Crippen LogP) is 2.55. The highest BCUT2D eigenvalue weighted by molar-refractivity contribution is 7.11. The van der Waals surface area contributed by atoms with Crippen LogP contribution in [-0.4, -0.2) is 42.5 Å². The highest BCUT2D eigenvalue weighted by Gasteiger charge is 2.27. The number of guanidine groups is 1. The van der Waals surface area contributed by atoms with Crippen LogP contribution in [0.3, 0.4) is 0 Å². The van der Waals surface area contributed by atoms with Gasteiger partial charge in [0.1, 0.15) is 0 Å². The third-order valence-electron chi connectivity index (χ3n) is 4.68. The minimum atomic E-state index is 0.101. The van der Waals surface area contributed by atoms with E-state index in [-0.39, 0.29) is 17.9 Å². The van der Waals surface area contributed by atoms with Crippen LogP contribution in [0.4, 0.5) is 0 Å². The number of carbonyl (C=O) groups is 1. The van der Waals surface area contributed by atoms with Crippen molar-refractivity contribution in [2.24, 2.45) is 10.9 Å². The van der Waals surface area contributed by atoms with Crippen molar-refractivity contribution in [3.63, 3.8) is 0 Å². The quantitative estimate of drug-likeness (QED) is 0.524. The number of amides is 1. The number of aliphatic imine (C=N–C) groups is 1. The summed E-state index contributed by atoms with van der Waals surface area (Å²) in [7, 11) is 1.79. The molecule has 1 fully saturated rings. The second kappa shape index (κ2) is 9.90. The Bertz CT molecular complexity index is 625. The highest BCUT2D eigenvalue weighted by atomic mass is 32.1. The van der Waals surface area contributed by atoms with Crippen molar-refractivity contribution in [3.8, 4) is 0 Å². The first-order chi connectivity index (χ1) is 12.4. The number of nitrogens with one attached hydrogen (secondary N) is 3. The summed E-state index contributed by atoms with van der Waals surface area (Å²) < 4.78 is 0. The number of carbonyl (C=O) groups excluding carboxylic acids is 1. The number of aryl methyl sites for hydroxylation is 2. The normalized spacial score (nSPS) is 20.9. The molecule has 2 rings (SSSR count). The van der Waals surface area contributed by atoms with Crippen LogP contribution in [0.1, 0.15) is 55.1 Å². The molecular weight excluding hydrogens is 346 g/mol. The summed E-state index contributed by atoms with van der Waals surface area (Å²) >= 11 is 1.76. The number of aromatic nitrogens is 1. The minimum absolute atomic E-state index is 0.101. The van der Waals surface area contributed by atoms with E-state index in [0.29, 0.717) is 6.04 Å². The van der Waals surface area contributed by atoms with Crippen LogP contribution in [0.15, 0.2) is 4.99 Å². The van der Waals surface area contributed by atoms with E-state index < -0.39 is 0 Å². The van der Waals surface area contributed by atoms with E-state index in [1.54, 1.807) is 18.4 Å². The summed E-state index contributed by atoms with van der Waals surface area (Å²) in [6.07, 6.45) is 4.95. The van der Waals surface area contributed by atoms with E-state index in [4.69, 9.17) is 0 Å². The van der Waals surface area contributed by atoms with Crippen molar-refractivity contribution >= 4 is 23.2 Å². The van der Waals surface area contributed by atoms with Gasteiger partial charge in [-0.15, -0.1) is 11.3 Å². The first-order valence-corrected chi connectivity index (χ1v) is 10.4. The molecule has 1 amide bonds. The molecule has 0 bridgehead atoms. The Balaban J connectivity index is 1.79. The predicted molar refractivity (Wildman–Crippen MR) is 109 cm³/mol. The van der Waals surface area contributed by atoms with Crippen LogP contribution in [0, 0.1) is 19.8 Å². The Morgan fingerprint density at radius 2 is 2.12 bits per heavy atom. The summed E-state index contributed by atoms with van der Waals surface area (Å²) in [5.41, 5.74) is 1.13. The fourth-order valence-electron chi connectivity index (χ4n) is 3.45. The number of nitrogens with zero attached hydrogens (tertiary/aromatic N) is 2. The van der Waals surface area contributed by atoms with Crippen molar-refractivity contribution in [1.82, 2.24) is 20.9 Å². The maximum Gasteiger partial charge on any atom is 0.223 e. The largest absolute Gasteiger partial charge is 0.356 e. The molecular formula is C19H33N5OS. The molecule has 6 nitrogen and oxygen atoms in total. The zero-order valence-electron chi connectivity index (χ0n) is 16.7. The summed E-state index contributed by atoms with van der Waals surface area (Å²) in [5.74, 6) is 1.11. The maximum absolute atomic E-state index is 12.3. The first kappa shape index (κ1) is 20.7. The van der Waals surface area contributed by atoms with Gasteiger partial charge in [0.2, 0.25) is 5.91 Å². The molecule has 26 heavy (non-hydrogen) atoms. The molecule has 1 aromatic heterocycles. The van der Waals surface area contributed by atoms with Gasteiger partial charge in [-0.2, -0.15) is 0 Å². The third-order valence-corrected chi connectivity index (χ3v) is 5.82. The monoisotopic (exact) mass is 379 g/mol. The summed E-state index contributed by atoms with van der Waals surface area (Å²) in [4.78, 5) is 22.4. The highest BCUT2D eigenvalue weighted by Crippen LogP contribution is 2.24. The van der Waals surface area contributed by atoms with E-state index in [9.17, 15) is 4.79 Å². The summed E-state index contributed by atoms with van der Waals surface area (Å²) in [5, 5.41) is 11.1. The molecule has 146 valence electrons. The molecule has 1 aromatic rings. The van der Waals surface area contributed by atoms with Gasteiger partial charge in [0.15, 0.2) is 5.96 Å². The Kier molecular flexibility index (Phi) is 7.87. The van der Waals surface area contributed by atoms with Crippen molar-refractivity contribution in [1.29, 1.82) is 0 Å². The first-order valence-electron chi connectivity index (χ1n) is 9.59. The Morgan fingerprint density at radius 1 is 1.35 bits per heavy atom. The third kappa shape index (κ3) is 6.27. The van der Waals surface area contributed by atoms with Crippen LogP contribution in [-0.2, 0) is 11.2 Å². The molecule has 0 aromatic carbocycles. The zero-order valence-corrected chi connectivity index (χ0v) is 17.5. The Morgan fingerprint density at radius 3 is 2.73 bits per heavy atom. The van der Waals surface area contributed by atoms with Gasteiger partial charge in [-0.05, 0) is 47.0 Å². The fourth-order valence-corrected chi connectivity index (χ4v) is 4.39. The second-order valence-corrected chi connectivity index (χ2v) is 8.65. The molecule has 1 aliphatic carbocycles. The van der Waals surface area contributed by atoms with Gasteiger partial charge in [0.05, 0.1) is 10.7 Å². The zero-order chi connectivity index (χ0) is 19.1. The van der Waals surface area contributed by atoms with Gasteiger partial charge in [-0.25, -0.2) is 4.98 Å². The van der Waals surface area contributed by atoms with Crippen LogP contribution in [0.25, 0.3) is 0 Å². The fraction of sp³-hybridized carbons (Fsp3) is 0.737. The lowest BCUT2D eigenvalue weighted by molar-refractivity contribution is -0.126. The molecule has 2 unspecified atom stereocenters. The van der Waals surface area contributed by atoms with Crippen molar-refractivity contribution in [2.45, 2.75) is 71.9 Å². The van der Waals surface area contributed by atoms with Crippen LogP contribution in [0.2, 0.25) is 0 Å². The standard InChI is InChI=1S/C19H33N5OS/c1-12(2)22-18(25)15-7-6-8-16(11-15)24-19(20-5)21-10-9-17-13(3)23-14(4)26-17/h12,15-16H,6-11H2,1-5H3,(H,22,25)(H2,20,21,24). The lowest BCUT2D eigenvalue weighted by Crippen LogP contribution is -2.47. The second-order valence-electron chi connectivity index (χ2n) is 7.36. The Labute approximate surface area is 161 Å². The maximum atomic E-state index is 12.3. The van der Waals surface area contributed by atoms with Crippen molar-refractivity contribution in [2.75, 3.05) is 13.6 Å². The number of rotatable bonds is 6. The van der Waals surface area contributed by atoms with Gasteiger partial charge < -0.3 is 16.0 Å². The van der Waals surface area contributed by atoms with Gasteiger partial charge in [0, 0.05) is 42.9 Å². The molecule has 0 radical (unpaired) electrons. The van der Waals surface area contributed by atoms with Gasteiger partial charge >= 0.3 is 0 Å². The smallest absolute Gasteiger partial charge is 0.223 e. The van der Waals surface area contributed by atoms with Gasteiger partial charge in [-0.1, -0.05) is 6.42 Å². The lowest BCUT2D eigenvalue weighted by atomic mass is 9.85. The molecule has 1 saturated carbocycles. The van der Waals surface area contributed by atoms with Gasteiger partial charge in [0.25, 0.3) is 0 Å². The topological polar surface area (TPSA) is 78.4 Å². The van der Waals surface area contributed by atoms with E-state index in [1.807, 2.05) is 20.8 Å². The molecule has 2 atom stereocenters. The van der Waals surface area contributed by atoms with E-state index in [1.165, 1.54) is 4.88 Å². The minimum Gasteiger partial charge on any atom is -0.356 e. The molecule has 0 spiro atoms. The molecule has 1 aliphatic rings. The number of thiazole rings is 1. The molecule has 7 heteroatoms.